The second kappa shape index (κ2) is 8.89. The molecular formula is C44H26. The second-order valence-electron chi connectivity index (χ2n) is 12.0. The van der Waals surface area contributed by atoms with Gasteiger partial charge in [-0.15, -0.1) is 0 Å². The van der Waals surface area contributed by atoms with Gasteiger partial charge >= 0.3 is 0 Å². The lowest BCUT2D eigenvalue weighted by Gasteiger charge is -2.21. The van der Waals surface area contributed by atoms with Gasteiger partial charge in [0, 0.05) is 0 Å². The molecule has 202 valence electrons. The third-order valence-corrected chi connectivity index (χ3v) is 9.75. The topological polar surface area (TPSA) is 0 Å². The molecule has 2 aliphatic rings. The van der Waals surface area contributed by atoms with E-state index in [1.165, 1.54) is 99.4 Å². The molecule has 0 saturated carbocycles. The smallest absolute Gasteiger partial charge is 0.000762 e. The molecule has 0 aliphatic heterocycles. The molecule has 0 bridgehead atoms. The van der Waals surface area contributed by atoms with Crippen molar-refractivity contribution in [1.82, 2.24) is 0 Å². The Morgan fingerprint density at radius 2 is 0.727 bits per heavy atom. The zero-order valence-corrected chi connectivity index (χ0v) is 24.0. The molecule has 0 fully saturated rings. The molecule has 44 heavy (non-hydrogen) atoms. The molecular weight excluding hydrogens is 528 g/mol. The lowest BCUT2D eigenvalue weighted by Crippen LogP contribution is -1.94. The Labute approximate surface area is 256 Å². The standard InChI is InChI=1S/C44H26/c1-4-12-27(13-5-1)37-26-38(28-14-6-2-7-15-28)43-35-23-22-33-32-21-20-29-16-10-11-19-31(29)40(32)34-24-25-36(42(35)41(33)34)44(43)39(37)30-17-8-3-9-18-30/h1-26H. The maximum atomic E-state index is 2.44. The summed E-state index contributed by atoms with van der Waals surface area (Å²) in [5.41, 5.74) is 18.4. The van der Waals surface area contributed by atoms with Crippen molar-refractivity contribution in [3.63, 3.8) is 0 Å². The quantitative estimate of drug-likeness (QED) is 0.204. The average Bonchev–Trinajstić information content (AvgIpc) is 3.61. The third kappa shape index (κ3) is 3.12. The first kappa shape index (κ1) is 23.8. The van der Waals surface area contributed by atoms with E-state index in [-0.39, 0.29) is 0 Å². The van der Waals surface area contributed by atoms with E-state index in [2.05, 4.69) is 158 Å². The zero-order valence-electron chi connectivity index (χ0n) is 24.0. The second-order valence-corrected chi connectivity index (χ2v) is 12.0. The van der Waals surface area contributed by atoms with Gasteiger partial charge in [-0.3, -0.25) is 0 Å². The highest BCUT2D eigenvalue weighted by atomic mass is 14.4. The minimum absolute atomic E-state index is 1.24. The minimum atomic E-state index is 1.24. The zero-order chi connectivity index (χ0) is 28.8. The van der Waals surface area contributed by atoms with E-state index in [1.54, 1.807) is 0 Å². The maximum Gasteiger partial charge on any atom is -0.000762 e. The summed E-state index contributed by atoms with van der Waals surface area (Å²) >= 11 is 0. The van der Waals surface area contributed by atoms with E-state index in [4.69, 9.17) is 0 Å². The van der Waals surface area contributed by atoms with Gasteiger partial charge in [0.1, 0.15) is 0 Å². The summed E-state index contributed by atoms with van der Waals surface area (Å²) in [6.07, 6.45) is 0. The summed E-state index contributed by atoms with van der Waals surface area (Å²) < 4.78 is 0. The Kier molecular flexibility index (Phi) is 4.81. The van der Waals surface area contributed by atoms with Crippen LogP contribution in [0.5, 0.6) is 0 Å². The van der Waals surface area contributed by atoms with Crippen LogP contribution in [0.2, 0.25) is 0 Å². The maximum absolute atomic E-state index is 2.44. The normalized spacial score (nSPS) is 12.1. The highest BCUT2D eigenvalue weighted by molar-refractivity contribution is 6.31. The summed E-state index contributed by atoms with van der Waals surface area (Å²) in [4.78, 5) is 0. The molecule has 2 aliphatic carbocycles. The van der Waals surface area contributed by atoms with Crippen LogP contribution in [0.15, 0.2) is 158 Å². The Bertz CT molecular complexity index is 2450. The van der Waals surface area contributed by atoms with Gasteiger partial charge in [0.15, 0.2) is 0 Å². The van der Waals surface area contributed by atoms with E-state index >= 15 is 0 Å². The SMILES string of the molecule is c1ccc(-c2cc(-c3ccccc3)c3c(c2-c2ccccc2)-c2ccc4c5c(ccc-3c25)-c2ccc3ccccc3c2-4)cc1. The fraction of sp³-hybridized carbons (Fsp3) is 0. The van der Waals surface area contributed by atoms with Crippen LogP contribution in [0.4, 0.5) is 0 Å². The Hall–Kier alpha value is -5.72. The van der Waals surface area contributed by atoms with Crippen molar-refractivity contribution in [3.8, 4) is 77.9 Å². The first-order valence-electron chi connectivity index (χ1n) is 15.4. The number of hydrogen-bond acceptors (Lipinski definition) is 0. The summed E-state index contributed by atoms with van der Waals surface area (Å²) in [5, 5.41) is 5.39. The summed E-state index contributed by atoms with van der Waals surface area (Å²) in [5.74, 6) is 0. The Morgan fingerprint density at radius 1 is 0.250 bits per heavy atom. The summed E-state index contributed by atoms with van der Waals surface area (Å²) in [6.45, 7) is 0. The van der Waals surface area contributed by atoms with Gasteiger partial charge in [0.25, 0.3) is 0 Å². The molecule has 0 N–H and O–H groups in total. The van der Waals surface area contributed by atoms with Crippen molar-refractivity contribution in [2.45, 2.75) is 0 Å². The Morgan fingerprint density at radius 3 is 1.41 bits per heavy atom. The molecule has 0 spiro atoms. The molecule has 8 aromatic carbocycles. The highest BCUT2D eigenvalue weighted by Crippen LogP contribution is 2.61. The fourth-order valence-electron chi connectivity index (χ4n) is 7.96. The largest absolute Gasteiger partial charge is 0.0622 e. The van der Waals surface area contributed by atoms with Gasteiger partial charge in [-0.2, -0.15) is 0 Å². The number of fused-ring (bicyclic) bond motifs is 8. The first-order chi connectivity index (χ1) is 21.9. The molecule has 0 radical (unpaired) electrons. The minimum Gasteiger partial charge on any atom is -0.0622 e. The molecule has 8 aromatic rings. The molecule has 0 nitrogen and oxygen atoms in total. The summed E-state index contributed by atoms with van der Waals surface area (Å²) in [6, 6.07) is 58.3. The van der Waals surface area contributed by atoms with E-state index < -0.39 is 0 Å². The van der Waals surface area contributed by atoms with Crippen LogP contribution in [0.1, 0.15) is 0 Å². The van der Waals surface area contributed by atoms with E-state index in [0.717, 1.165) is 0 Å². The van der Waals surface area contributed by atoms with Crippen LogP contribution in [-0.2, 0) is 0 Å². The molecule has 0 heterocycles. The molecule has 0 heteroatoms. The van der Waals surface area contributed by atoms with Crippen molar-refractivity contribution in [2.24, 2.45) is 0 Å². The van der Waals surface area contributed by atoms with Crippen molar-refractivity contribution >= 4 is 21.5 Å². The van der Waals surface area contributed by atoms with E-state index in [0.29, 0.717) is 0 Å². The third-order valence-electron chi connectivity index (χ3n) is 9.75. The van der Waals surface area contributed by atoms with E-state index in [1.807, 2.05) is 0 Å². The number of rotatable bonds is 3. The van der Waals surface area contributed by atoms with Crippen molar-refractivity contribution < 1.29 is 0 Å². The Balaban J connectivity index is 1.38. The molecule has 0 atom stereocenters. The van der Waals surface area contributed by atoms with Gasteiger partial charge in [-0.1, -0.05) is 152 Å². The predicted octanol–water partition coefficient (Wildman–Crippen LogP) is 12.3. The number of hydrogen-bond donors (Lipinski definition) is 0. The highest BCUT2D eigenvalue weighted by Gasteiger charge is 2.34. The van der Waals surface area contributed by atoms with Crippen LogP contribution in [0.3, 0.4) is 0 Å². The fourth-order valence-corrected chi connectivity index (χ4v) is 7.96. The van der Waals surface area contributed by atoms with Gasteiger partial charge in [0.05, 0.1) is 0 Å². The van der Waals surface area contributed by atoms with E-state index in [9.17, 15) is 0 Å². The van der Waals surface area contributed by atoms with Gasteiger partial charge < -0.3 is 0 Å². The molecule has 0 saturated heterocycles. The molecule has 0 unspecified atom stereocenters. The van der Waals surface area contributed by atoms with Crippen molar-refractivity contribution in [3.05, 3.63) is 158 Å². The van der Waals surface area contributed by atoms with Crippen LogP contribution in [0, 0.1) is 0 Å². The number of benzene rings is 8. The van der Waals surface area contributed by atoms with Gasteiger partial charge in [-0.05, 0) is 105 Å². The predicted molar refractivity (Wildman–Crippen MR) is 187 cm³/mol. The van der Waals surface area contributed by atoms with Crippen LogP contribution in [0.25, 0.3) is 99.4 Å². The van der Waals surface area contributed by atoms with Crippen LogP contribution < -0.4 is 0 Å². The lowest BCUT2D eigenvalue weighted by molar-refractivity contribution is 1.56. The first-order valence-corrected chi connectivity index (χ1v) is 15.4. The van der Waals surface area contributed by atoms with Gasteiger partial charge in [-0.25, -0.2) is 0 Å². The molecule has 0 aromatic heterocycles. The van der Waals surface area contributed by atoms with Crippen molar-refractivity contribution in [2.75, 3.05) is 0 Å². The molecule has 0 amide bonds. The monoisotopic (exact) mass is 554 g/mol. The summed E-state index contributed by atoms with van der Waals surface area (Å²) in [7, 11) is 0. The average molecular weight is 555 g/mol. The van der Waals surface area contributed by atoms with Crippen molar-refractivity contribution in [1.29, 1.82) is 0 Å². The van der Waals surface area contributed by atoms with Gasteiger partial charge in [0.2, 0.25) is 0 Å². The molecule has 10 rings (SSSR count). The van der Waals surface area contributed by atoms with Crippen LogP contribution in [-0.4, -0.2) is 0 Å². The van der Waals surface area contributed by atoms with Crippen LogP contribution >= 0.6 is 0 Å². The lowest BCUT2D eigenvalue weighted by atomic mass is 9.82.